The van der Waals surface area contributed by atoms with Gasteiger partial charge < -0.3 is 19.5 Å². The molecule has 0 fully saturated rings. The van der Waals surface area contributed by atoms with Crippen LogP contribution in [0.1, 0.15) is 17.3 Å². The summed E-state index contributed by atoms with van der Waals surface area (Å²) in [6.45, 7) is 2.27. The fourth-order valence-electron chi connectivity index (χ4n) is 2.60. The Morgan fingerprint density at radius 3 is 2.46 bits per heavy atom. The monoisotopic (exact) mass is 405 g/mol. The first-order valence-corrected chi connectivity index (χ1v) is 10.4. The Morgan fingerprint density at radius 2 is 1.75 bits per heavy atom. The standard InChI is InChI=1S/C19H19NO7S/c1-12(27-19(22)14-5-3-4-6-17(14)28(2,23)24)18(21)20-13-7-8-15-16(11-13)26-10-9-25-15/h3-8,11-12H,9-10H2,1-2H3,(H,20,21)/t12-/m0/s1. The van der Waals surface area contributed by atoms with E-state index in [1.54, 1.807) is 18.2 Å². The molecule has 1 amide bonds. The van der Waals surface area contributed by atoms with E-state index >= 15 is 0 Å². The van der Waals surface area contributed by atoms with Crippen LogP contribution < -0.4 is 14.8 Å². The smallest absolute Gasteiger partial charge is 0.340 e. The van der Waals surface area contributed by atoms with Gasteiger partial charge in [0.25, 0.3) is 5.91 Å². The van der Waals surface area contributed by atoms with Gasteiger partial charge in [-0.1, -0.05) is 12.1 Å². The molecule has 0 aliphatic carbocycles. The van der Waals surface area contributed by atoms with E-state index in [2.05, 4.69) is 5.32 Å². The number of rotatable bonds is 5. The second-order valence-corrected chi connectivity index (χ2v) is 8.15. The summed E-state index contributed by atoms with van der Waals surface area (Å²) in [6, 6.07) is 10.6. The predicted molar refractivity (Wildman–Crippen MR) is 100 cm³/mol. The second-order valence-electron chi connectivity index (χ2n) is 6.16. The quantitative estimate of drug-likeness (QED) is 0.759. The fraction of sp³-hybridized carbons (Fsp3) is 0.263. The van der Waals surface area contributed by atoms with Crippen molar-refractivity contribution < 1.29 is 32.2 Å². The van der Waals surface area contributed by atoms with Crippen molar-refractivity contribution in [1.29, 1.82) is 0 Å². The number of carbonyl (C=O) groups excluding carboxylic acids is 2. The molecule has 0 saturated carbocycles. The van der Waals surface area contributed by atoms with Crippen LogP contribution in [0.2, 0.25) is 0 Å². The van der Waals surface area contributed by atoms with Gasteiger partial charge in [-0.2, -0.15) is 0 Å². The highest BCUT2D eigenvalue weighted by molar-refractivity contribution is 7.90. The molecule has 0 bridgehead atoms. The van der Waals surface area contributed by atoms with Gasteiger partial charge in [-0.15, -0.1) is 0 Å². The SMILES string of the molecule is C[C@H](OC(=O)c1ccccc1S(C)(=O)=O)C(=O)Nc1ccc2c(c1)OCCO2. The fourth-order valence-corrected chi connectivity index (χ4v) is 3.48. The van der Waals surface area contributed by atoms with Gasteiger partial charge in [0.15, 0.2) is 27.4 Å². The molecule has 0 saturated heterocycles. The van der Waals surface area contributed by atoms with E-state index in [0.29, 0.717) is 30.4 Å². The molecule has 148 valence electrons. The molecule has 3 rings (SSSR count). The zero-order chi connectivity index (χ0) is 20.3. The van der Waals surface area contributed by atoms with E-state index in [9.17, 15) is 18.0 Å². The van der Waals surface area contributed by atoms with Crippen molar-refractivity contribution in [3.63, 3.8) is 0 Å². The van der Waals surface area contributed by atoms with Gasteiger partial charge in [0.2, 0.25) is 0 Å². The molecular formula is C19H19NO7S. The minimum atomic E-state index is -3.62. The molecule has 1 aliphatic rings. The van der Waals surface area contributed by atoms with E-state index < -0.39 is 27.8 Å². The molecule has 1 heterocycles. The lowest BCUT2D eigenvalue weighted by atomic mass is 10.2. The number of hydrogen-bond donors (Lipinski definition) is 1. The lowest BCUT2D eigenvalue weighted by Gasteiger charge is -2.19. The van der Waals surface area contributed by atoms with Crippen LogP contribution in [0.25, 0.3) is 0 Å². The summed E-state index contributed by atoms with van der Waals surface area (Å²) in [6.07, 6.45) is -0.148. The summed E-state index contributed by atoms with van der Waals surface area (Å²) in [5.74, 6) is -0.371. The number of esters is 1. The largest absolute Gasteiger partial charge is 0.486 e. The van der Waals surface area contributed by atoms with Crippen LogP contribution in [-0.4, -0.2) is 45.9 Å². The molecule has 8 nitrogen and oxygen atoms in total. The summed E-state index contributed by atoms with van der Waals surface area (Å²) in [4.78, 5) is 24.6. The van der Waals surface area contributed by atoms with Crippen LogP contribution in [0.4, 0.5) is 5.69 Å². The average molecular weight is 405 g/mol. The Kier molecular flexibility index (Phi) is 5.55. The molecular weight excluding hydrogens is 386 g/mol. The number of amides is 1. The number of carbonyl (C=O) groups is 2. The lowest BCUT2D eigenvalue weighted by Crippen LogP contribution is -2.30. The molecule has 0 unspecified atom stereocenters. The maximum Gasteiger partial charge on any atom is 0.340 e. The first-order chi connectivity index (χ1) is 13.3. The number of fused-ring (bicyclic) bond motifs is 1. The number of ether oxygens (including phenoxy) is 3. The van der Waals surface area contributed by atoms with Crippen molar-refractivity contribution in [2.75, 3.05) is 24.8 Å². The zero-order valence-electron chi connectivity index (χ0n) is 15.3. The highest BCUT2D eigenvalue weighted by Gasteiger charge is 2.24. The molecule has 9 heteroatoms. The Morgan fingerprint density at radius 1 is 1.07 bits per heavy atom. The molecule has 0 radical (unpaired) electrons. The zero-order valence-corrected chi connectivity index (χ0v) is 16.1. The summed E-state index contributed by atoms with van der Waals surface area (Å²) < 4.78 is 39.7. The number of sulfone groups is 1. The Labute approximate surface area is 162 Å². The van der Waals surface area contributed by atoms with Gasteiger partial charge in [-0.05, 0) is 31.2 Å². The van der Waals surface area contributed by atoms with Crippen LogP contribution in [0.3, 0.4) is 0 Å². The minimum absolute atomic E-state index is 0.121. The number of benzene rings is 2. The van der Waals surface area contributed by atoms with Gasteiger partial charge >= 0.3 is 5.97 Å². The number of hydrogen-bond acceptors (Lipinski definition) is 7. The first kappa shape index (κ1) is 19.7. The first-order valence-electron chi connectivity index (χ1n) is 8.46. The Hall–Kier alpha value is -3.07. The van der Waals surface area contributed by atoms with Crippen molar-refractivity contribution in [2.24, 2.45) is 0 Å². The third-order valence-corrected chi connectivity index (χ3v) is 5.12. The summed E-state index contributed by atoms with van der Waals surface area (Å²) >= 11 is 0. The Balaban J connectivity index is 1.69. The topological polar surface area (TPSA) is 108 Å². The summed E-state index contributed by atoms with van der Waals surface area (Å²) in [7, 11) is -3.62. The molecule has 0 aromatic heterocycles. The van der Waals surface area contributed by atoms with Crippen molar-refractivity contribution in [3.8, 4) is 11.5 Å². The van der Waals surface area contributed by atoms with Gasteiger partial charge in [0.05, 0.1) is 10.5 Å². The highest BCUT2D eigenvalue weighted by Crippen LogP contribution is 2.32. The van der Waals surface area contributed by atoms with E-state index in [1.807, 2.05) is 0 Å². The molecule has 1 aliphatic heterocycles. The van der Waals surface area contributed by atoms with Crippen molar-refractivity contribution >= 4 is 27.4 Å². The Bertz CT molecular complexity index is 1020. The lowest BCUT2D eigenvalue weighted by molar-refractivity contribution is -0.123. The minimum Gasteiger partial charge on any atom is -0.486 e. The molecule has 2 aromatic rings. The summed E-state index contributed by atoms with van der Waals surface area (Å²) in [5.41, 5.74) is 0.331. The van der Waals surface area contributed by atoms with E-state index in [4.69, 9.17) is 14.2 Å². The molecule has 1 N–H and O–H groups in total. The molecule has 0 spiro atoms. The van der Waals surface area contributed by atoms with Gasteiger partial charge in [0.1, 0.15) is 13.2 Å². The van der Waals surface area contributed by atoms with Crippen LogP contribution in [0, 0.1) is 0 Å². The third-order valence-electron chi connectivity index (χ3n) is 3.97. The average Bonchev–Trinajstić information content (AvgIpc) is 2.67. The summed E-state index contributed by atoms with van der Waals surface area (Å²) in [5, 5.41) is 2.62. The maximum atomic E-state index is 12.4. The maximum absolute atomic E-state index is 12.4. The molecule has 1 atom stereocenters. The van der Waals surface area contributed by atoms with Crippen molar-refractivity contribution in [2.45, 2.75) is 17.9 Å². The van der Waals surface area contributed by atoms with E-state index in [0.717, 1.165) is 6.26 Å². The number of anilines is 1. The van der Waals surface area contributed by atoms with Gasteiger partial charge in [0, 0.05) is 18.0 Å². The van der Waals surface area contributed by atoms with Gasteiger partial charge in [-0.3, -0.25) is 4.79 Å². The van der Waals surface area contributed by atoms with Crippen LogP contribution in [0.15, 0.2) is 47.4 Å². The predicted octanol–water partition coefficient (Wildman–Crippen LogP) is 2.05. The molecule has 2 aromatic carbocycles. The second kappa shape index (κ2) is 7.89. The van der Waals surface area contributed by atoms with E-state index in [1.165, 1.54) is 31.2 Å². The van der Waals surface area contributed by atoms with Crippen LogP contribution >= 0.6 is 0 Å². The number of nitrogens with one attached hydrogen (secondary N) is 1. The van der Waals surface area contributed by atoms with Crippen LogP contribution in [-0.2, 0) is 19.4 Å². The van der Waals surface area contributed by atoms with Crippen molar-refractivity contribution in [1.82, 2.24) is 0 Å². The van der Waals surface area contributed by atoms with Crippen molar-refractivity contribution in [3.05, 3.63) is 48.0 Å². The van der Waals surface area contributed by atoms with E-state index in [-0.39, 0.29) is 10.5 Å². The van der Waals surface area contributed by atoms with Crippen LogP contribution in [0.5, 0.6) is 11.5 Å². The normalized spacial score (nSPS) is 14.1. The third kappa shape index (κ3) is 4.42. The van der Waals surface area contributed by atoms with Gasteiger partial charge in [-0.25, -0.2) is 13.2 Å². The highest BCUT2D eigenvalue weighted by atomic mass is 32.2. The molecule has 28 heavy (non-hydrogen) atoms.